The third kappa shape index (κ3) is 6.16. The molecule has 4 unspecified atom stereocenters. The van der Waals surface area contributed by atoms with Crippen LogP contribution in [-0.2, 0) is 14.9 Å². The van der Waals surface area contributed by atoms with Gasteiger partial charge in [0.15, 0.2) is 0 Å². The molecule has 3 fully saturated rings. The summed E-state index contributed by atoms with van der Waals surface area (Å²) >= 11 is 0. The lowest BCUT2D eigenvalue weighted by atomic mass is 9.56. The summed E-state index contributed by atoms with van der Waals surface area (Å²) in [4.78, 5) is 31.1. The van der Waals surface area contributed by atoms with Gasteiger partial charge in [-0.15, -0.1) is 0 Å². The Balaban J connectivity index is 1.56. The van der Waals surface area contributed by atoms with Gasteiger partial charge in [-0.25, -0.2) is 0 Å². The van der Waals surface area contributed by atoms with Gasteiger partial charge in [-0.2, -0.15) is 0 Å². The Morgan fingerprint density at radius 1 is 1.10 bits per heavy atom. The maximum atomic E-state index is 14.0. The smallest absolute Gasteiger partial charge is 0.302 e. The number of hydrogen-bond donors (Lipinski definition) is 0. The fourth-order valence-electron chi connectivity index (χ4n) is 7.11. The van der Waals surface area contributed by atoms with Crippen LogP contribution in [0.15, 0.2) is 54.6 Å². The van der Waals surface area contributed by atoms with Crippen LogP contribution in [0.25, 0.3) is 0 Å². The van der Waals surface area contributed by atoms with Crippen molar-refractivity contribution in [3.05, 3.63) is 65.7 Å². The molecule has 1 aliphatic heterocycles. The van der Waals surface area contributed by atoms with Crippen molar-refractivity contribution in [3.63, 3.8) is 0 Å². The Labute approximate surface area is 233 Å². The molecule has 0 spiro atoms. The molecule has 1 heterocycles. The first-order valence-electron chi connectivity index (χ1n) is 14.7. The van der Waals surface area contributed by atoms with Crippen molar-refractivity contribution in [1.82, 2.24) is 9.80 Å². The van der Waals surface area contributed by atoms with Crippen LogP contribution in [0.5, 0.6) is 5.75 Å². The molecule has 2 saturated carbocycles. The van der Waals surface area contributed by atoms with Crippen LogP contribution in [-0.4, -0.2) is 67.1 Å². The average molecular weight is 533 g/mol. The molecule has 39 heavy (non-hydrogen) atoms. The van der Waals surface area contributed by atoms with Gasteiger partial charge in [-0.3, -0.25) is 9.59 Å². The highest BCUT2D eigenvalue weighted by atomic mass is 16.5. The van der Waals surface area contributed by atoms with Crippen molar-refractivity contribution in [3.8, 4) is 5.75 Å². The summed E-state index contributed by atoms with van der Waals surface area (Å²) in [7, 11) is 1.71. The van der Waals surface area contributed by atoms with E-state index >= 15 is 0 Å². The lowest BCUT2D eigenvalue weighted by Gasteiger charge is -2.57. The maximum absolute atomic E-state index is 14.0. The van der Waals surface area contributed by atoms with Crippen LogP contribution < -0.4 is 4.74 Å². The number of ether oxygens (including phenoxy) is 2. The zero-order valence-electron chi connectivity index (χ0n) is 24.0. The minimum atomic E-state index is -0.257. The Morgan fingerprint density at radius 3 is 2.54 bits per heavy atom. The number of rotatable bonds is 9. The zero-order chi connectivity index (χ0) is 27.6. The topological polar surface area (TPSA) is 59.1 Å². The number of carbonyl (C=O) groups is 2. The van der Waals surface area contributed by atoms with Crippen molar-refractivity contribution in [2.45, 2.75) is 70.4 Å². The largest absolute Gasteiger partial charge is 0.497 e. The molecular formula is C33H44N2O4. The third-order valence-corrected chi connectivity index (χ3v) is 9.05. The number of esters is 1. The van der Waals surface area contributed by atoms with Gasteiger partial charge >= 0.3 is 5.97 Å². The lowest BCUT2D eigenvalue weighted by molar-refractivity contribution is -0.159. The highest BCUT2D eigenvalue weighted by Crippen LogP contribution is 2.52. The second-order valence-electron chi connectivity index (χ2n) is 12.4. The number of piperidine rings is 1. The van der Waals surface area contributed by atoms with Crippen LogP contribution in [0.2, 0.25) is 0 Å². The van der Waals surface area contributed by atoms with Crippen LogP contribution in [0.4, 0.5) is 0 Å². The molecular weight excluding hydrogens is 488 g/mol. The standard InChI is InChI=1S/C33H44N2O4/c1-23(2)20-35(32(37)26-9-6-5-7-10-26)28-18-31(39-24(3)36)30-22-34(21-25-13-14-25)16-15-33(30,19-28)27-11-8-12-29(17-27)38-4/h5-12,17,23,25,28,30-31H,13-16,18-22H2,1-4H3. The van der Waals surface area contributed by atoms with E-state index in [0.29, 0.717) is 24.4 Å². The molecule has 4 atom stereocenters. The van der Waals surface area contributed by atoms with E-state index < -0.39 is 0 Å². The van der Waals surface area contributed by atoms with E-state index in [1.165, 1.54) is 25.3 Å². The monoisotopic (exact) mass is 532 g/mol. The quantitative estimate of drug-likeness (QED) is 0.396. The molecule has 0 aromatic heterocycles. The summed E-state index contributed by atoms with van der Waals surface area (Å²) in [5, 5.41) is 0. The van der Waals surface area contributed by atoms with Gasteiger partial charge in [0.05, 0.1) is 7.11 Å². The number of likely N-dealkylation sites (tertiary alicyclic amines) is 1. The number of hydrogen-bond acceptors (Lipinski definition) is 5. The van der Waals surface area contributed by atoms with Crippen molar-refractivity contribution in [2.75, 3.05) is 33.3 Å². The Morgan fingerprint density at radius 2 is 1.87 bits per heavy atom. The molecule has 3 aliphatic rings. The van der Waals surface area contributed by atoms with E-state index in [-0.39, 0.29) is 35.4 Å². The molecule has 0 bridgehead atoms. The van der Waals surface area contributed by atoms with E-state index in [0.717, 1.165) is 44.1 Å². The fraction of sp³-hybridized carbons (Fsp3) is 0.576. The summed E-state index contributed by atoms with van der Waals surface area (Å²) in [6.07, 6.45) is 4.88. The van der Waals surface area contributed by atoms with Crippen molar-refractivity contribution < 1.29 is 19.1 Å². The van der Waals surface area contributed by atoms with Crippen LogP contribution in [0.3, 0.4) is 0 Å². The average Bonchev–Trinajstić information content (AvgIpc) is 3.75. The van der Waals surface area contributed by atoms with E-state index in [9.17, 15) is 9.59 Å². The molecule has 2 aromatic rings. The van der Waals surface area contributed by atoms with Crippen LogP contribution >= 0.6 is 0 Å². The molecule has 2 aromatic carbocycles. The fourth-order valence-corrected chi connectivity index (χ4v) is 7.11. The number of carbonyl (C=O) groups excluding carboxylic acids is 2. The number of amides is 1. The Hall–Kier alpha value is -2.86. The second-order valence-corrected chi connectivity index (χ2v) is 12.4. The van der Waals surface area contributed by atoms with Crippen LogP contribution in [0, 0.1) is 17.8 Å². The Bertz CT molecular complexity index is 1150. The summed E-state index contributed by atoms with van der Waals surface area (Å²) in [5.41, 5.74) is 1.72. The van der Waals surface area contributed by atoms with Gasteiger partial charge in [0, 0.05) is 55.9 Å². The Kier molecular flexibility index (Phi) is 8.32. The summed E-state index contributed by atoms with van der Waals surface area (Å²) in [5.74, 6) is 1.93. The number of benzene rings is 2. The minimum Gasteiger partial charge on any atom is -0.497 e. The van der Waals surface area contributed by atoms with Gasteiger partial charge in [-0.05, 0) is 73.9 Å². The van der Waals surface area contributed by atoms with E-state index in [2.05, 4.69) is 41.8 Å². The first kappa shape index (κ1) is 27.7. The normalized spacial score (nSPS) is 27.1. The summed E-state index contributed by atoms with van der Waals surface area (Å²) in [6.45, 7) is 9.56. The van der Waals surface area contributed by atoms with Crippen molar-refractivity contribution >= 4 is 11.9 Å². The van der Waals surface area contributed by atoms with E-state index in [1.807, 2.05) is 36.4 Å². The highest BCUT2D eigenvalue weighted by Gasteiger charge is 2.55. The molecule has 1 amide bonds. The van der Waals surface area contributed by atoms with E-state index in [4.69, 9.17) is 9.47 Å². The molecule has 210 valence electrons. The van der Waals surface area contributed by atoms with E-state index in [1.54, 1.807) is 7.11 Å². The van der Waals surface area contributed by atoms with Crippen molar-refractivity contribution in [1.29, 1.82) is 0 Å². The molecule has 5 rings (SSSR count). The first-order valence-corrected chi connectivity index (χ1v) is 14.7. The molecule has 2 aliphatic carbocycles. The molecule has 1 saturated heterocycles. The predicted octanol–water partition coefficient (Wildman–Crippen LogP) is 5.56. The third-order valence-electron chi connectivity index (χ3n) is 9.05. The van der Waals surface area contributed by atoms with Crippen LogP contribution in [0.1, 0.15) is 68.8 Å². The van der Waals surface area contributed by atoms with Gasteiger partial charge < -0.3 is 19.3 Å². The molecule has 0 radical (unpaired) electrons. The highest BCUT2D eigenvalue weighted by molar-refractivity contribution is 5.94. The molecule has 6 heteroatoms. The minimum absolute atomic E-state index is 0.0399. The maximum Gasteiger partial charge on any atom is 0.302 e. The number of nitrogens with zero attached hydrogens (tertiary/aromatic N) is 2. The van der Waals surface area contributed by atoms with Gasteiger partial charge in [0.2, 0.25) is 0 Å². The summed E-state index contributed by atoms with van der Waals surface area (Å²) in [6, 6.07) is 18.0. The molecule has 0 N–H and O–H groups in total. The predicted molar refractivity (Wildman–Crippen MR) is 153 cm³/mol. The number of fused-ring (bicyclic) bond motifs is 1. The SMILES string of the molecule is COc1cccc(C23CCN(CC4CC4)CC2C(OC(C)=O)CC(N(CC(C)C)C(=O)c2ccccc2)C3)c1. The van der Waals surface area contributed by atoms with Crippen molar-refractivity contribution in [2.24, 2.45) is 17.8 Å². The second kappa shape index (κ2) is 11.7. The van der Waals surface area contributed by atoms with Gasteiger partial charge in [0.25, 0.3) is 5.91 Å². The van der Waals surface area contributed by atoms with Gasteiger partial charge in [-0.1, -0.05) is 44.2 Å². The zero-order valence-corrected chi connectivity index (χ0v) is 24.0. The summed E-state index contributed by atoms with van der Waals surface area (Å²) < 4.78 is 11.8. The molecule has 6 nitrogen and oxygen atoms in total. The lowest BCUT2D eigenvalue weighted by Crippen LogP contribution is -2.62. The van der Waals surface area contributed by atoms with Gasteiger partial charge in [0.1, 0.15) is 11.9 Å². The number of methoxy groups -OCH3 is 1. The first-order chi connectivity index (χ1) is 18.8.